The monoisotopic (exact) mass is 198 g/mol. The number of carbonyl (C=O) groups is 1. The van der Waals surface area contributed by atoms with Crippen LogP contribution in [0.3, 0.4) is 0 Å². The van der Waals surface area contributed by atoms with E-state index in [2.05, 4.69) is 0 Å². The zero-order valence-corrected chi connectivity index (χ0v) is 8.34. The number of rotatable bonds is 3. The van der Waals surface area contributed by atoms with E-state index in [0.29, 0.717) is 0 Å². The van der Waals surface area contributed by atoms with Gasteiger partial charge in [-0.1, -0.05) is 30.3 Å². The molecule has 0 amide bonds. The minimum absolute atomic E-state index is 0.513. The van der Waals surface area contributed by atoms with E-state index in [9.17, 15) is 4.79 Å². The lowest BCUT2D eigenvalue weighted by Crippen LogP contribution is -2.31. The summed E-state index contributed by atoms with van der Waals surface area (Å²) >= 11 is 5.46. The average molecular weight is 199 g/mol. The van der Waals surface area contributed by atoms with Crippen molar-refractivity contribution in [2.75, 3.05) is 7.11 Å². The van der Waals surface area contributed by atoms with Gasteiger partial charge in [-0.05, 0) is 24.1 Å². The smallest absolute Gasteiger partial charge is 0.257 e. The van der Waals surface area contributed by atoms with Crippen LogP contribution in [0.2, 0.25) is 0 Å². The summed E-state index contributed by atoms with van der Waals surface area (Å²) in [4.78, 5) is 11.1. The van der Waals surface area contributed by atoms with E-state index >= 15 is 0 Å². The van der Waals surface area contributed by atoms with Crippen LogP contribution >= 0.6 is 11.6 Å². The predicted molar refractivity (Wildman–Crippen MR) is 51.7 cm³/mol. The van der Waals surface area contributed by atoms with Crippen LogP contribution in [-0.2, 0) is 15.1 Å². The number of halogens is 1. The molecule has 2 nitrogen and oxygen atoms in total. The van der Waals surface area contributed by atoms with Crippen LogP contribution < -0.4 is 0 Å². The van der Waals surface area contributed by atoms with E-state index in [0.717, 1.165) is 5.56 Å². The second-order valence-electron chi connectivity index (χ2n) is 2.88. The van der Waals surface area contributed by atoms with Gasteiger partial charge in [0.1, 0.15) is 0 Å². The summed E-state index contributed by atoms with van der Waals surface area (Å²) in [6.07, 6.45) is 0. The molecule has 0 aliphatic rings. The maximum atomic E-state index is 11.1. The van der Waals surface area contributed by atoms with Gasteiger partial charge in [0.05, 0.1) is 0 Å². The van der Waals surface area contributed by atoms with Crippen molar-refractivity contribution in [1.29, 1.82) is 0 Å². The molecule has 1 atom stereocenters. The first-order chi connectivity index (χ1) is 6.11. The second-order valence-corrected chi connectivity index (χ2v) is 3.22. The highest BCUT2D eigenvalue weighted by Gasteiger charge is 2.33. The molecule has 0 heterocycles. The molecular weight excluding hydrogens is 188 g/mol. The number of hydrogen-bond acceptors (Lipinski definition) is 2. The lowest BCUT2D eigenvalue weighted by atomic mass is 9.97. The highest BCUT2D eigenvalue weighted by molar-refractivity contribution is 6.65. The van der Waals surface area contributed by atoms with Gasteiger partial charge in [0.25, 0.3) is 5.24 Å². The number of carbonyl (C=O) groups excluding carboxylic acids is 1. The number of benzene rings is 1. The Labute approximate surface area is 82.5 Å². The average Bonchev–Trinajstić information content (AvgIpc) is 2.17. The normalized spacial score (nSPS) is 15.0. The molecule has 0 bridgehead atoms. The Morgan fingerprint density at radius 2 is 1.92 bits per heavy atom. The first-order valence-corrected chi connectivity index (χ1v) is 4.29. The molecule has 1 unspecified atom stereocenters. The van der Waals surface area contributed by atoms with E-state index in [1.54, 1.807) is 6.92 Å². The highest BCUT2D eigenvalue weighted by Crippen LogP contribution is 2.26. The molecule has 0 radical (unpaired) electrons. The SMILES string of the molecule is COC(C)(C(=O)Cl)c1ccccc1. The fourth-order valence-corrected chi connectivity index (χ4v) is 1.25. The van der Waals surface area contributed by atoms with Crippen molar-refractivity contribution in [1.82, 2.24) is 0 Å². The summed E-state index contributed by atoms with van der Waals surface area (Å²) in [7, 11) is 1.47. The predicted octanol–water partition coefficient (Wildman–Crippen LogP) is 2.31. The summed E-state index contributed by atoms with van der Waals surface area (Å²) in [5.74, 6) is 0. The van der Waals surface area contributed by atoms with E-state index in [1.165, 1.54) is 7.11 Å². The summed E-state index contributed by atoms with van der Waals surface area (Å²) < 4.78 is 5.10. The Balaban J connectivity index is 3.11. The van der Waals surface area contributed by atoms with Crippen LogP contribution in [-0.4, -0.2) is 12.4 Å². The molecule has 1 rings (SSSR count). The Bertz CT molecular complexity index is 297. The first-order valence-electron chi connectivity index (χ1n) is 3.92. The molecule has 0 saturated carbocycles. The van der Waals surface area contributed by atoms with Crippen molar-refractivity contribution >= 4 is 16.8 Å². The van der Waals surface area contributed by atoms with Crippen molar-refractivity contribution in [3.05, 3.63) is 35.9 Å². The second kappa shape index (κ2) is 3.90. The lowest BCUT2D eigenvalue weighted by Gasteiger charge is -2.23. The summed E-state index contributed by atoms with van der Waals surface area (Å²) in [6.45, 7) is 1.65. The highest BCUT2D eigenvalue weighted by atomic mass is 35.5. The summed E-state index contributed by atoms with van der Waals surface area (Å²) in [5.41, 5.74) is -0.277. The molecule has 70 valence electrons. The number of ether oxygens (including phenoxy) is 1. The van der Waals surface area contributed by atoms with E-state index in [4.69, 9.17) is 16.3 Å². The molecule has 0 saturated heterocycles. The van der Waals surface area contributed by atoms with Gasteiger partial charge in [-0.15, -0.1) is 0 Å². The van der Waals surface area contributed by atoms with Crippen LogP contribution in [0.4, 0.5) is 0 Å². The zero-order chi connectivity index (χ0) is 9.90. The van der Waals surface area contributed by atoms with Crippen molar-refractivity contribution in [3.63, 3.8) is 0 Å². The van der Waals surface area contributed by atoms with Gasteiger partial charge in [-0.2, -0.15) is 0 Å². The Morgan fingerprint density at radius 1 is 1.38 bits per heavy atom. The third-order valence-electron chi connectivity index (χ3n) is 2.11. The van der Waals surface area contributed by atoms with Gasteiger partial charge < -0.3 is 4.74 Å². The Kier molecular flexibility index (Phi) is 3.07. The minimum atomic E-state index is -1.04. The van der Waals surface area contributed by atoms with Crippen LogP contribution in [0.5, 0.6) is 0 Å². The molecule has 0 fully saturated rings. The standard InChI is InChI=1S/C10H11ClO2/c1-10(13-2,9(11)12)8-6-4-3-5-7-8/h3-7H,1-2H3. The fourth-order valence-electron chi connectivity index (χ4n) is 1.07. The first kappa shape index (κ1) is 10.2. The maximum absolute atomic E-state index is 11.1. The molecule has 1 aromatic rings. The van der Waals surface area contributed by atoms with Crippen molar-refractivity contribution < 1.29 is 9.53 Å². The van der Waals surface area contributed by atoms with Crippen molar-refractivity contribution in [2.45, 2.75) is 12.5 Å². The third kappa shape index (κ3) is 1.90. The van der Waals surface area contributed by atoms with Crippen LogP contribution in [0.15, 0.2) is 30.3 Å². The van der Waals surface area contributed by atoms with Gasteiger partial charge in [0.2, 0.25) is 0 Å². The molecule has 0 N–H and O–H groups in total. The Hall–Kier alpha value is -0.860. The van der Waals surface area contributed by atoms with E-state index in [-0.39, 0.29) is 0 Å². The van der Waals surface area contributed by atoms with Crippen molar-refractivity contribution in [2.24, 2.45) is 0 Å². The third-order valence-corrected chi connectivity index (χ3v) is 2.47. The molecule has 0 aromatic heterocycles. The number of methoxy groups -OCH3 is 1. The zero-order valence-electron chi connectivity index (χ0n) is 7.58. The van der Waals surface area contributed by atoms with Gasteiger partial charge in [0, 0.05) is 7.11 Å². The molecule has 1 aromatic carbocycles. The quantitative estimate of drug-likeness (QED) is 0.697. The van der Waals surface area contributed by atoms with Crippen LogP contribution in [0.25, 0.3) is 0 Å². The fraction of sp³-hybridized carbons (Fsp3) is 0.300. The van der Waals surface area contributed by atoms with Gasteiger partial charge in [-0.3, -0.25) is 4.79 Å². The summed E-state index contributed by atoms with van der Waals surface area (Å²) in [5, 5.41) is -0.513. The number of hydrogen-bond donors (Lipinski definition) is 0. The molecule has 3 heteroatoms. The molecule has 13 heavy (non-hydrogen) atoms. The topological polar surface area (TPSA) is 26.3 Å². The molecule has 0 aliphatic carbocycles. The minimum Gasteiger partial charge on any atom is -0.365 e. The largest absolute Gasteiger partial charge is 0.365 e. The van der Waals surface area contributed by atoms with Crippen LogP contribution in [0, 0.1) is 0 Å². The summed E-state index contributed by atoms with van der Waals surface area (Å²) in [6, 6.07) is 9.17. The van der Waals surface area contributed by atoms with Crippen molar-refractivity contribution in [3.8, 4) is 0 Å². The van der Waals surface area contributed by atoms with Gasteiger partial charge >= 0.3 is 0 Å². The van der Waals surface area contributed by atoms with Gasteiger partial charge in [-0.25, -0.2) is 0 Å². The van der Waals surface area contributed by atoms with Crippen LogP contribution in [0.1, 0.15) is 12.5 Å². The van der Waals surface area contributed by atoms with E-state index in [1.807, 2.05) is 30.3 Å². The van der Waals surface area contributed by atoms with Gasteiger partial charge in [0.15, 0.2) is 5.60 Å². The Morgan fingerprint density at radius 3 is 2.31 bits per heavy atom. The maximum Gasteiger partial charge on any atom is 0.257 e. The molecular formula is C10H11ClO2. The lowest BCUT2D eigenvalue weighted by molar-refractivity contribution is -0.131. The van der Waals surface area contributed by atoms with E-state index < -0.39 is 10.8 Å². The molecule has 0 aliphatic heterocycles. The molecule has 0 spiro atoms.